The maximum atomic E-state index is 13.5. The Hall–Kier alpha value is -3.61. The van der Waals surface area contributed by atoms with Crippen molar-refractivity contribution < 1.29 is 22.3 Å². The zero-order chi connectivity index (χ0) is 30.6. The Morgan fingerprint density at radius 1 is 1.12 bits per heavy atom. The zero-order valence-corrected chi connectivity index (χ0v) is 26.5. The van der Waals surface area contributed by atoms with Crippen LogP contribution < -0.4 is 15.4 Å². The average molecular weight is 671 g/mol. The number of aromatic nitrogens is 3. The van der Waals surface area contributed by atoms with Crippen LogP contribution in [0.15, 0.2) is 77.9 Å². The zero-order valence-electron chi connectivity index (χ0n) is 24.1. The average Bonchev–Trinajstić information content (AvgIpc) is 3.48. The monoisotopic (exact) mass is 669 g/mol. The van der Waals surface area contributed by atoms with Crippen LogP contribution in [0, 0.1) is 5.82 Å². The van der Waals surface area contributed by atoms with Gasteiger partial charge in [0, 0.05) is 24.0 Å². The first kappa shape index (κ1) is 30.8. The second-order valence-corrected chi connectivity index (χ2v) is 14.2. The SMILES string of the molecule is CC(NCCS(=O)(=O)C(C)C)C1(c2cc3c(Nc4ccc(OCc5cccc(F)c5)c(Br)c4)ncnc3cn2)CC=CO1. The molecule has 0 fully saturated rings. The molecule has 0 saturated heterocycles. The minimum atomic E-state index is -3.17. The molecule has 0 radical (unpaired) electrons. The lowest BCUT2D eigenvalue weighted by molar-refractivity contribution is 0.00504. The van der Waals surface area contributed by atoms with Gasteiger partial charge in [0.05, 0.1) is 45.2 Å². The highest BCUT2D eigenvalue weighted by molar-refractivity contribution is 9.10. The number of nitrogens with one attached hydrogen (secondary N) is 2. The lowest BCUT2D eigenvalue weighted by Gasteiger charge is -2.35. The summed E-state index contributed by atoms with van der Waals surface area (Å²) in [6.07, 6.45) is 7.32. The lowest BCUT2D eigenvalue weighted by Crippen LogP contribution is -2.48. The van der Waals surface area contributed by atoms with Crippen LogP contribution in [-0.2, 0) is 26.8 Å². The van der Waals surface area contributed by atoms with Crippen LogP contribution in [0.1, 0.15) is 38.4 Å². The first-order chi connectivity index (χ1) is 20.6. The third-order valence-electron chi connectivity index (χ3n) is 7.48. The molecule has 2 atom stereocenters. The number of hydrogen-bond donors (Lipinski definition) is 2. The van der Waals surface area contributed by atoms with E-state index in [1.807, 2.05) is 37.3 Å². The summed E-state index contributed by atoms with van der Waals surface area (Å²) in [5.41, 5.74) is 2.00. The molecular weight excluding hydrogens is 637 g/mol. The van der Waals surface area contributed by atoms with Crippen LogP contribution in [0.2, 0.25) is 0 Å². The van der Waals surface area contributed by atoms with Gasteiger partial charge in [-0.3, -0.25) is 4.98 Å². The quantitative estimate of drug-likeness (QED) is 0.182. The van der Waals surface area contributed by atoms with Gasteiger partial charge in [-0.05, 0) is 84.7 Å². The molecule has 0 bridgehead atoms. The van der Waals surface area contributed by atoms with Crippen molar-refractivity contribution >= 4 is 48.2 Å². The topological polar surface area (TPSA) is 115 Å². The van der Waals surface area contributed by atoms with Crippen molar-refractivity contribution in [3.8, 4) is 5.75 Å². The predicted molar refractivity (Wildman–Crippen MR) is 168 cm³/mol. The largest absolute Gasteiger partial charge is 0.488 e. The Kier molecular flexibility index (Phi) is 9.28. The maximum absolute atomic E-state index is 13.5. The van der Waals surface area contributed by atoms with E-state index >= 15 is 0 Å². The second kappa shape index (κ2) is 12.9. The second-order valence-electron chi connectivity index (χ2n) is 10.7. The molecule has 5 rings (SSSR count). The first-order valence-corrected chi connectivity index (χ1v) is 16.4. The summed E-state index contributed by atoms with van der Waals surface area (Å²) in [6, 6.07) is 13.5. The summed E-state index contributed by atoms with van der Waals surface area (Å²) < 4.78 is 50.9. The normalized spacial score (nSPS) is 17.3. The van der Waals surface area contributed by atoms with E-state index in [1.54, 1.807) is 38.4 Å². The van der Waals surface area contributed by atoms with Crippen LogP contribution >= 0.6 is 15.9 Å². The molecule has 43 heavy (non-hydrogen) atoms. The van der Waals surface area contributed by atoms with E-state index in [1.165, 1.54) is 18.5 Å². The van der Waals surface area contributed by atoms with Gasteiger partial charge in [-0.25, -0.2) is 22.8 Å². The van der Waals surface area contributed by atoms with Crippen molar-refractivity contribution in [2.24, 2.45) is 0 Å². The number of ether oxygens (including phenoxy) is 2. The van der Waals surface area contributed by atoms with Gasteiger partial charge in [-0.1, -0.05) is 12.1 Å². The number of rotatable bonds is 12. The first-order valence-electron chi connectivity index (χ1n) is 13.9. The lowest BCUT2D eigenvalue weighted by atomic mass is 9.87. The highest BCUT2D eigenvalue weighted by Crippen LogP contribution is 2.39. The predicted octanol–water partition coefficient (Wildman–Crippen LogP) is 6.18. The Balaban J connectivity index is 1.35. The Morgan fingerprint density at radius 2 is 1.95 bits per heavy atom. The summed E-state index contributed by atoms with van der Waals surface area (Å²) in [5, 5.41) is 7.03. The van der Waals surface area contributed by atoms with Crippen LogP contribution in [0.3, 0.4) is 0 Å². The minimum Gasteiger partial charge on any atom is -0.488 e. The number of halogens is 2. The highest BCUT2D eigenvalue weighted by atomic mass is 79.9. The summed E-state index contributed by atoms with van der Waals surface area (Å²) >= 11 is 3.57. The fraction of sp³-hybridized carbons (Fsp3) is 0.323. The Labute approximate surface area is 259 Å². The molecule has 226 valence electrons. The van der Waals surface area contributed by atoms with Gasteiger partial charge in [0.15, 0.2) is 15.4 Å². The van der Waals surface area contributed by atoms with E-state index in [2.05, 4.69) is 36.5 Å². The molecule has 0 saturated carbocycles. The van der Waals surface area contributed by atoms with Gasteiger partial charge in [0.1, 0.15) is 30.3 Å². The Bertz CT molecular complexity index is 1740. The number of fused-ring (bicyclic) bond motifs is 1. The summed E-state index contributed by atoms with van der Waals surface area (Å²) in [5.74, 6) is 0.929. The van der Waals surface area contributed by atoms with Crippen LogP contribution in [0.5, 0.6) is 5.75 Å². The van der Waals surface area contributed by atoms with Crippen molar-refractivity contribution in [3.63, 3.8) is 0 Å². The van der Waals surface area contributed by atoms with E-state index in [0.29, 0.717) is 35.7 Å². The fourth-order valence-corrected chi connectivity index (χ4v) is 6.20. The molecule has 2 N–H and O–H groups in total. The molecule has 0 amide bonds. The molecule has 2 unspecified atom stereocenters. The summed E-state index contributed by atoms with van der Waals surface area (Å²) in [4.78, 5) is 13.6. The molecule has 3 heterocycles. The number of benzene rings is 2. The third kappa shape index (κ3) is 6.97. The summed E-state index contributed by atoms with van der Waals surface area (Å²) in [7, 11) is -3.17. The van der Waals surface area contributed by atoms with Crippen molar-refractivity contribution in [2.75, 3.05) is 17.6 Å². The van der Waals surface area contributed by atoms with E-state index in [0.717, 1.165) is 21.1 Å². The van der Waals surface area contributed by atoms with E-state index in [9.17, 15) is 12.8 Å². The molecule has 12 heteroatoms. The van der Waals surface area contributed by atoms with Crippen molar-refractivity contribution in [1.82, 2.24) is 20.3 Å². The number of nitrogens with zero attached hydrogens (tertiary/aromatic N) is 3. The van der Waals surface area contributed by atoms with Crippen LogP contribution in [-0.4, -0.2) is 47.0 Å². The number of pyridine rings is 1. The van der Waals surface area contributed by atoms with Gasteiger partial charge >= 0.3 is 0 Å². The van der Waals surface area contributed by atoms with Crippen molar-refractivity contribution in [2.45, 2.75) is 50.7 Å². The van der Waals surface area contributed by atoms with E-state index in [4.69, 9.17) is 14.5 Å². The fourth-order valence-electron chi connectivity index (χ4n) is 4.83. The van der Waals surface area contributed by atoms with Gasteiger partial charge in [0.25, 0.3) is 0 Å². The van der Waals surface area contributed by atoms with Crippen molar-refractivity contribution in [1.29, 1.82) is 0 Å². The van der Waals surface area contributed by atoms with Crippen LogP contribution in [0.4, 0.5) is 15.9 Å². The van der Waals surface area contributed by atoms with E-state index in [-0.39, 0.29) is 24.2 Å². The maximum Gasteiger partial charge on any atom is 0.168 e. The van der Waals surface area contributed by atoms with Gasteiger partial charge in [-0.15, -0.1) is 0 Å². The molecule has 4 aromatic rings. The standard InChI is InChI=1S/C31H33BrFN5O4S/c1-20(2)43(39,40)13-11-34-21(3)31(10-5-12-42-31)29-16-25-27(17-35-29)36-19-37-30(25)38-24-8-9-28(26(32)15-24)41-18-22-6-4-7-23(33)14-22/h4-9,12,14-17,19-21,34H,10-11,13,18H2,1-3H3,(H,36,37,38). The summed E-state index contributed by atoms with van der Waals surface area (Å²) in [6.45, 7) is 5.87. The number of sulfone groups is 1. The highest BCUT2D eigenvalue weighted by Gasteiger charge is 2.42. The van der Waals surface area contributed by atoms with E-state index < -0.39 is 20.7 Å². The Morgan fingerprint density at radius 3 is 2.67 bits per heavy atom. The number of anilines is 2. The molecule has 1 aliphatic heterocycles. The molecule has 2 aromatic carbocycles. The third-order valence-corrected chi connectivity index (χ3v) is 10.3. The van der Waals surface area contributed by atoms with Crippen molar-refractivity contribution in [3.05, 3.63) is 94.9 Å². The molecule has 2 aromatic heterocycles. The molecule has 0 spiro atoms. The van der Waals surface area contributed by atoms with Gasteiger partial charge in [-0.2, -0.15) is 0 Å². The van der Waals surface area contributed by atoms with Gasteiger partial charge in [0.2, 0.25) is 0 Å². The number of hydrogen-bond acceptors (Lipinski definition) is 9. The van der Waals surface area contributed by atoms with Gasteiger partial charge < -0.3 is 20.1 Å². The smallest absolute Gasteiger partial charge is 0.168 e. The molecule has 0 aliphatic carbocycles. The molecular formula is C31H33BrFN5O4S. The van der Waals surface area contributed by atoms with Crippen LogP contribution in [0.25, 0.3) is 10.9 Å². The molecule has 1 aliphatic rings. The minimum absolute atomic E-state index is 0.0375. The molecule has 9 nitrogen and oxygen atoms in total.